The van der Waals surface area contributed by atoms with E-state index in [4.69, 9.17) is 16.3 Å². The Bertz CT molecular complexity index is 1320. The van der Waals surface area contributed by atoms with E-state index in [0.29, 0.717) is 0 Å². The van der Waals surface area contributed by atoms with Gasteiger partial charge in [-0.1, -0.05) is 11.6 Å². The van der Waals surface area contributed by atoms with Crippen LogP contribution < -0.4 is 10.9 Å². The highest BCUT2D eigenvalue weighted by Crippen LogP contribution is 2.41. The third-order valence-electron chi connectivity index (χ3n) is 5.36. The molecule has 33 heavy (non-hydrogen) atoms. The third-order valence-corrected chi connectivity index (χ3v) is 5.68. The Labute approximate surface area is 193 Å². The highest BCUT2D eigenvalue weighted by Gasteiger charge is 2.38. The summed E-state index contributed by atoms with van der Waals surface area (Å²) in [5.74, 6) is -1.37. The molecule has 0 saturated heterocycles. The van der Waals surface area contributed by atoms with Gasteiger partial charge < -0.3 is 10.1 Å². The van der Waals surface area contributed by atoms with Crippen LogP contribution in [-0.2, 0) is 4.74 Å². The smallest absolute Gasteiger partial charge is 0.408 e. The Morgan fingerprint density at radius 1 is 1.24 bits per heavy atom. The van der Waals surface area contributed by atoms with Crippen molar-refractivity contribution < 1.29 is 18.3 Å². The molecular weight excluding hydrogens is 454 g/mol. The van der Waals surface area contributed by atoms with Crippen LogP contribution in [0.1, 0.15) is 51.0 Å². The lowest BCUT2D eigenvalue weighted by molar-refractivity contribution is 0.0493. The van der Waals surface area contributed by atoms with Crippen LogP contribution in [0.3, 0.4) is 0 Å². The van der Waals surface area contributed by atoms with E-state index in [0.717, 1.165) is 29.7 Å². The van der Waals surface area contributed by atoms with E-state index >= 15 is 0 Å². The van der Waals surface area contributed by atoms with Crippen LogP contribution in [-0.4, -0.2) is 26.2 Å². The van der Waals surface area contributed by atoms with Gasteiger partial charge in [0, 0.05) is 5.56 Å². The van der Waals surface area contributed by atoms with Crippen LogP contribution in [0.2, 0.25) is 5.02 Å². The normalized spacial score (nSPS) is 14.9. The van der Waals surface area contributed by atoms with Crippen LogP contribution in [0.5, 0.6) is 0 Å². The molecule has 174 valence electrons. The van der Waals surface area contributed by atoms with Gasteiger partial charge in [-0.2, -0.15) is 0 Å². The van der Waals surface area contributed by atoms with E-state index in [-0.39, 0.29) is 38.9 Å². The van der Waals surface area contributed by atoms with Gasteiger partial charge in [0.1, 0.15) is 28.6 Å². The third kappa shape index (κ3) is 4.55. The SMILES string of the molecule is Cc1c(F)cncc1-n1c([C@@H](NC(=O)OC(C)(C)C)C2CC2)nc2c(F)ccc(Cl)c2c1=O. The second-order valence-electron chi connectivity index (χ2n) is 9.09. The van der Waals surface area contributed by atoms with E-state index in [1.54, 1.807) is 20.8 Å². The summed E-state index contributed by atoms with van der Waals surface area (Å²) in [7, 11) is 0. The molecule has 4 rings (SSSR count). The molecule has 1 aliphatic rings. The summed E-state index contributed by atoms with van der Waals surface area (Å²) in [6.45, 7) is 6.67. The number of amides is 1. The van der Waals surface area contributed by atoms with Crippen molar-refractivity contribution in [3.8, 4) is 5.69 Å². The first kappa shape index (κ1) is 23.1. The molecule has 0 unspecified atom stereocenters. The first-order valence-electron chi connectivity index (χ1n) is 10.5. The Morgan fingerprint density at radius 2 is 1.94 bits per heavy atom. The first-order valence-corrected chi connectivity index (χ1v) is 10.9. The number of hydrogen-bond acceptors (Lipinski definition) is 5. The number of carbonyl (C=O) groups excluding carboxylic acids is 1. The van der Waals surface area contributed by atoms with E-state index < -0.39 is 34.9 Å². The van der Waals surface area contributed by atoms with E-state index in [1.165, 1.54) is 19.2 Å². The van der Waals surface area contributed by atoms with Gasteiger partial charge in [-0.3, -0.25) is 14.3 Å². The van der Waals surface area contributed by atoms with Gasteiger partial charge in [0.25, 0.3) is 5.56 Å². The van der Waals surface area contributed by atoms with Crippen molar-refractivity contribution in [3.05, 3.63) is 62.9 Å². The highest BCUT2D eigenvalue weighted by atomic mass is 35.5. The molecule has 1 fully saturated rings. The van der Waals surface area contributed by atoms with Gasteiger partial charge in [-0.15, -0.1) is 0 Å². The quantitative estimate of drug-likeness (QED) is 0.573. The fourth-order valence-electron chi connectivity index (χ4n) is 3.65. The van der Waals surface area contributed by atoms with Gasteiger partial charge in [0.15, 0.2) is 0 Å². The molecule has 2 aromatic heterocycles. The maximum absolute atomic E-state index is 14.7. The van der Waals surface area contributed by atoms with Crippen LogP contribution in [0.4, 0.5) is 13.6 Å². The molecule has 1 atom stereocenters. The Hall–Kier alpha value is -3.07. The average Bonchev–Trinajstić information content (AvgIpc) is 3.55. The van der Waals surface area contributed by atoms with Crippen molar-refractivity contribution in [3.63, 3.8) is 0 Å². The molecule has 0 aliphatic heterocycles. The van der Waals surface area contributed by atoms with Crippen molar-refractivity contribution in [2.45, 2.75) is 52.2 Å². The second kappa shape index (κ2) is 8.37. The zero-order valence-electron chi connectivity index (χ0n) is 18.6. The lowest BCUT2D eigenvalue weighted by atomic mass is 10.1. The minimum absolute atomic E-state index is 0.00860. The minimum atomic E-state index is -0.780. The largest absolute Gasteiger partial charge is 0.444 e. The topological polar surface area (TPSA) is 86.1 Å². The molecule has 10 heteroatoms. The number of pyridine rings is 1. The summed E-state index contributed by atoms with van der Waals surface area (Å²) in [5.41, 5.74) is -1.39. The van der Waals surface area contributed by atoms with Crippen LogP contribution in [0.25, 0.3) is 16.6 Å². The summed E-state index contributed by atoms with van der Waals surface area (Å²) in [6, 6.07) is 1.60. The minimum Gasteiger partial charge on any atom is -0.444 e. The summed E-state index contributed by atoms with van der Waals surface area (Å²) in [6.07, 6.45) is 3.16. The van der Waals surface area contributed by atoms with Crippen LogP contribution in [0, 0.1) is 24.5 Å². The molecule has 1 saturated carbocycles. The summed E-state index contributed by atoms with van der Waals surface area (Å²) in [4.78, 5) is 34.5. The number of alkyl carbamates (subject to hydrolysis) is 1. The number of halogens is 3. The molecule has 0 radical (unpaired) electrons. The fourth-order valence-corrected chi connectivity index (χ4v) is 3.88. The maximum atomic E-state index is 14.7. The molecule has 2 heterocycles. The number of hydrogen-bond donors (Lipinski definition) is 1. The van der Waals surface area contributed by atoms with E-state index in [1.807, 2.05) is 0 Å². The highest BCUT2D eigenvalue weighted by molar-refractivity contribution is 6.35. The number of aromatic nitrogens is 3. The Morgan fingerprint density at radius 3 is 2.58 bits per heavy atom. The van der Waals surface area contributed by atoms with Crippen molar-refractivity contribution in [1.82, 2.24) is 19.9 Å². The summed E-state index contributed by atoms with van der Waals surface area (Å²) in [5, 5.41) is 2.63. The van der Waals surface area contributed by atoms with Crippen molar-refractivity contribution >= 4 is 28.6 Å². The number of carbonyl (C=O) groups is 1. The molecule has 1 N–H and O–H groups in total. The van der Waals surface area contributed by atoms with E-state index in [2.05, 4.69) is 15.3 Å². The number of ether oxygens (including phenoxy) is 1. The Balaban J connectivity index is 1.99. The number of nitrogens with zero attached hydrogens (tertiary/aromatic N) is 3. The maximum Gasteiger partial charge on any atom is 0.408 e. The van der Waals surface area contributed by atoms with Gasteiger partial charge in [-0.25, -0.2) is 18.6 Å². The van der Waals surface area contributed by atoms with Gasteiger partial charge in [0.05, 0.1) is 34.5 Å². The molecule has 1 aliphatic carbocycles. The van der Waals surface area contributed by atoms with Crippen molar-refractivity contribution in [1.29, 1.82) is 0 Å². The van der Waals surface area contributed by atoms with Gasteiger partial charge in [0.2, 0.25) is 0 Å². The monoisotopic (exact) mass is 476 g/mol. The van der Waals surface area contributed by atoms with Gasteiger partial charge >= 0.3 is 6.09 Å². The van der Waals surface area contributed by atoms with Crippen molar-refractivity contribution in [2.24, 2.45) is 5.92 Å². The lowest BCUT2D eigenvalue weighted by Crippen LogP contribution is -2.39. The fraction of sp³-hybridized carbons (Fsp3) is 0.391. The zero-order valence-corrected chi connectivity index (χ0v) is 19.3. The molecule has 0 bridgehead atoms. The Kier molecular flexibility index (Phi) is 5.86. The van der Waals surface area contributed by atoms with E-state index in [9.17, 15) is 18.4 Å². The van der Waals surface area contributed by atoms with Crippen molar-refractivity contribution in [2.75, 3.05) is 0 Å². The number of nitrogens with one attached hydrogen (secondary N) is 1. The predicted octanol–water partition coefficient (Wildman–Crippen LogP) is 5.00. The predicted molar refractivity (Wildman–Crippen MR) is 120 cm³/mol. The van der Waals surface area contributed by atoms with Crippen LogP contribution >= 0.6 is 11.6 Å². The summed E-state index contributed by atoms with van der Waals surface area (Å²) >= 11 is 6.23. The molecule has 3 aromatic rings. The first-order chi connectivity index (χ1) is 15.5. The average molecular weight is 477 g/mol. The molecule has 0 spiro atoms. The zero-order chi connectivity index (χ0) is 24.1. The summed E-state index contributed by atoms with van der Waals surface area (Å²) < 4.78 is 35.6. The molecule has 1 aromatic carbocycles. The van der Waals surface area contributed by atoms with Crippen LogP contribution in [0.15, 0.2) is 29.3 Å². The lowest BCUT2D eigenvalue weighted by Gasteiger charge is -2.25. The molecular formula is C23H23ClF2N4O3. The number of benzene rings is 1. The molecule has 1 amide bonds. The standard InChI is InChI=1S/C23H23ClF2N4O3/c1-11-15(26)9-27-10-16(11)30-20(18(12-5-6-12)29-22(32)33-23(2,3)4)28-19-14(25)8-7-13(24)17(19)21(30)31/h7-10,12,18H,5-6H2,1-4H3,(H,29,32)/t18-/m0/s1. The second-order valence-corrected chi connectivity index (χ2v) is 9.50. The van der Waals surface area contributed by atoms with Gasteiger partial charge in [-0.05, 0) is 58.6 Å². The number of fused-ring (bicyclic) bond motifs is 1. The molecule has 7 nitrogen and oxygen atoms in total. The number of rotatable bonds is 4.